The normalized spacial score (nSPS) is 12.6. The summed E-state index contributed by atoms with van der Waals surface area (Å²) in [5, 5.41) is 8.83. The van der Waals surface area contributed by atoms with Crippen molar-refractivity contribution in [2.45, 2.75) is 92.4 Å². The fraction of sp³-hybridized carbons (Fsp3) is 0.545. The number of aliphatic hydroxyl groups is 1. The Hall–Kier alpha value is -2.33. The average Bonchev–Trinajstić information content (AvgIpc) is 2.85. The van der Waals surface area contributed by atoms with E-state index in [2.05, 4.69) is 83.1 Å². The van der Waals surface area contributed by atoms with Gasteiger partial charge >= 0.3 is 6.29 Å². The summed E-state index contributed by atoms with van der Waals surface area (Å²) >= 11 is 0. The second-order valence-corrected chi connectivity index (χ2v) is 10.5. The van der Waals surface area contributed by atoms with Gasteiger partial charge in [-0.05, 0) is 48.6 Å². The Morgan fingerprint density at radius 3 is 1.49 bits per heavy atom. The second kappa shape index (κ2) is 22.8. The number of hydrogen-bond donors (Lipinski definition) is 1. The summed E-state index contributed by atoms with van der Waals surface area (Å²) in [4.78, 5) is 8.11. The van der Waals surface area contributed by atoms with Crippen LogP contribution in [0.3, 0.4) is 0 Å². The van der Waals surface area contributed by atoms with Gasteiger partial charge in [0.2, 0.25) is 0 Å². The van der Waals surface area contributed by atoms with Gasteiger partial charge in [0, 0.05) is 0 Å². The standard InChI is InChI=1S/C20H40O.C12H10.CF2O/c1-17(2)9-6-10-18(3)11-7-12-19(4)13-8-14-20(5)15-16-21;1-3-7-11(8-4-1)12-9-5-2-6-10-12;2-1(3)4/h15,17-19,21H,6-14,16H2,1-5H3;1-10H;/b20-15+;;/t18-,19-;;/m1../s1. The predicted octanol–water partition coefficient (Wildman–Crippen LogP) is 10.8. The lowest BCUT2D eigenvalue weighted by Crippen LogP contribution is -2.00. The van der Waals surface area contributed by atoms with Crippen LogP contribution in [0.15, 0.2) is 72.3 Å². The number of aliphatic hydroxyl groups excluding tert-OH is 1. The molecule has 0 fully saturated rings. The van der Waals surface area contributed by atoms with E-state index in [0.717, 1.165) is 24.2 Å². The molecule has 0 spiro atoms. The Kier molecular flexibility index (Phi) is 21.4. The van der Waals surface area contributed by atoms with E-state index in [1.54, 1.807) is 0 Å². The van der Waals surface area contributed by atoms with E-state index in [1.165, 1.54) is 68.1 Å². The van der Waals surface area contributed by atoms with Crippen LogP contribution in [-0.2, 0) is 0 Å². The lowest BCUT2D eigenvalue weighted by molar-refractivity contribution is 0.199. The van der Waals surface area contributed by atoms with Crippen molar-refractivity contribution in [3.8, 4) is 11.1 Å². The number of allylic oxidation sites excluding steroid dienone is 1. The van der Waals surface area contributed by atoms with Gasteiger partial charge in [0.1, 0.15) is 0 Å². The van der Waals surface area contributed by atoms with Crippen molar-refractivity contribution in [2.24, 2.45) is 17.8 Å². The van der Waals surface area contributed by atoms with Crippen molar-refractivity contribution < 1.29 is 18.7 Å². The van der Waals surface area contributed by atoms with Crippen LogP contribution in [0.25, 0.3) is 11.1 Å². The molecule has 0 aliphatic rings. The first-order chi connectivity index (χ1) is 17.6. The van der Waals surface area contributed by atoms with E-state index in [4.69, 9.17) is 9.90 Å². The maximum atomic E-state index is 9.69. The first-order valence-corrected chi connectivity index (χ1v) is 13.9. The van der Waals surface area contributed by atoms with Gasteiger partial charge < -0.3 is 5.11 Å². The predicted molar refractivity (Wildman–Crippen MR) is 155 cm³/mol. The number of rotatable bonds is 14. The monoisotopic (exact) mass is 516 g/mol. The Labute approximate surface area is 225 Å². The van der Waals surface area contributed by atoms with E-state index in [1.807, 2.05) is 18.2 Å². The highest BCUT2D eigenvalue weighted by atomic mass is 19.3. The Morgan fingerprint density at radius 2 is 1.11 bits per heavy atom. The van der Waals surface area contributed by atoms with Gasteiger partial charge in [0.15, 0.2) is 0 Å². The average molecular weight is 517 g/mol. The molecule has 2 aromatic carbocycles. The number of halogens is 2. The molecular weight excluding hydrogens is 466 g/mol. The molecule has 37 heavy (non-hydrogen) atoms. The van der Waals surface area contributed by atoms with Gasteiger partial charge in [0.05, 0.1) is 6.61 Å². The highest BCUT2D eigenvalue weighted by Crippen LogP contribution is 2.22. The zero-order chi connectivity index (χ0) is 27.9. The molecule has 4 heteroatoms. The highest BCUT2D eigenvalue weighted by Gasteiger charge is 2.06. The quantitative estimate of drug-likeness (QED) is 0.200. The zero-order valence-corrected chi connectivity index (χ0v) is 23.8. The van der Waals surface area contributed by atoms with Gasteiger partial charge in [-0.15, -0.1) is 8.78 Å². The second-order valence-electron chi connectivity index (χ2n) is 10.5. The van der Waals surface area contributed by atoms with Crippen LogP contribution in [0.1, 0.15) is 92.4 Å². The van der Waals surface area contributed by atoms with E-state index in [0.29, 0.717) is 0 Å². The summed E-state index contributed by atoms with van der Waals surface area (Å²) in [6, 6.07) is 20.8. The SMILES string of the molecule is C/C(=C\CO)CCC[C@H](C)CCC[C@H](C)CCCC(C)C.O=C(F)F.c1ccc(-c2ccccc2)cc1. The van der Waals surface area contributed by atoms with Crippen LogP contribution >= 0.6 is 0 Å². The minimum Gasteiger partial charge on any atom is -0.392 e. The molecule has 0 aliphatic carbocycles. The van der Waals surface area contributed by atoms with Crippen molar-refractivity contribution >= 4 is 6.29 Å². The lowest BCUT2D eigenvalue weighted by Gasteiger charge is -2.15. The molecule has 0 bridgehead atoms. The summed E-state index contributed by atoms with van der Waals surface area (Å²) in [7, 11) is 0. The van der Waals surface area contributed by atoms with Crippen molar-refractivity contribution in [3.05, 3.63) is 72.3 Å². The minimum atomic E-state index is -2.83. The third-order valence-corrected chi connectivity index (χ3v) is 6.46. The summed E-state index contributed by atoms with van der Waals surface area (Å²) < 4.78 is 19.4. The summed E-state index contributed by atoms with van der Waals surface area (Å²) in [5.74, 6) is 2.63. The number of carbonyl (C=O) groups excluding carboxylic acids is 1. The highest BCUT2D eigenvalue weighted by molar-refractivity contribution is 5.62. The number of carbonyl (C=O) groups is 1. The molecule has 0 unspecified atom stereocenters. The molecule has 2 atom stereocenters. The number of hydrogen-bond acceptors (Lipinski definition) is 2. The third-order valence-electron chi connectivity index (χ3n) is 6.46. The Morgan fingerprint density at radius 1 is 0.730 bits per heavy atom. The number of benzene rings is 2. The van der Waals surface area contributed by atoms with Crippen molar-refractivity contribution in [1.29, 1.82) is 0 Å². The van der Waals surface area contributed by atoms with Gasteiger partial charge in [-0.25, -0.2) is 4.79 Å². The van der Waals surface area contributed by atoms with Crippen LogP contribution in [0, 0.1) is 17.8 Å². The Balaban J connectivity index is 0.000000670. The van der Waals surface area contributed by atoms with Crippen LogP contribution in [0.5, 0.6) is 0 Å². The van der Waals surface area contributed by atoms with Crippen LogP contribution in [0.2, 0.25) is 0 Å². The van der Waals surface area contributed by atoms with Gasteiger partial charge in [0.25, 0.3) is 0 Å². The van der Waals surface area contributed by atoms with E-state index >= 15 is 0 Å². The third kappa shape index (κ3) is 22.6. The van der Waals surface area contributed by atoms with Crippen molar-refractivity contribution in [1.82, 2.24) is 0 Å². The molecule has 2 aromatic rings. The minimum absolute atomic E-state index is 0.191. The van der Waals surface area contributed by atoms with E-state index in [-0.39, 0.29) is 6.61 Å². The molecule has 0 radical (unpaired) electrons. The topological polar surface area (TPSA) is 37.3 Å². The fourth-order valence-electron chi connectivity index (χ4n) is 4.23. The molecule has 0 aromatic heterocycles. The Bertz CT molecular complexity index is 777. The van der Waals surface area contributed by atoms with Gasteiger partial charge in [-0.2, -0.15) is 0 Å². The maximum Gasteiger partial charge on any atom is 0.483 e. The molecule has 2 nitrogen and oxygen atoms in total. The van der Waals surface area contributed by atoms with Gasteiger partial charge in [-0.3, -0.25) is 0 Å². The van der Waals surface area contributed by atoms with Crippen molar-refractivity contribution in [2.75, 3.05) is 6.61 Å². The molecule has 0 saturated heterocycles. The van der Waals surface area contributed by atoms with Crippen LogP contribution < -0.4 is 0 Å². The lowest BCUT2D eigenvalue weighted by atomic mass is 9.91. The zero-order valence-electron chi connectivity index (χ0n) is 23.8. The molecule has 0 heterocycles. The molecule has 0 amide bonds. The largest absolute Gasteiger partial charge is 0.483 e. The molecule has 2 rings (SSSR count). The fourth-order valence-corrected chi connectivity index (χ4v) is 4.23. The van der Waals surface area contributed by atoms with Crippen LogP contribution in [0.4, 0.5) is 13.6 Å². The van der Waals surface area contributed by atoms with E-state index < -0.39 is 6.29 Å². The molecule has 208 valence electrons. The summed E-state index contributed by atoms with van der Waals surface area (Å²) in [6.07, 6.45) is 11.3. The summed E-state index contributed by atoms with van der Waals surface area (Å²) in [6.45, 7) is 11.8. The van der Waals surface area contributed by atoms with E-state index in [9.17, 15) is 8.78 Å². The molecule has 0 aliphatic heterocycles. The first-order valence-electron chi connectivity index (χ1n) is 13.9. The van der Waals surface area contributed by atoms with Crippen molar-refractivity contribution in [3.63, 3.8) is 0 Å². The molecule has 0 saturated carbocycles. The smallest absolute Gasteiger partial charge is 0.392 e. The van der Waals surface area contributed by atoms with Gasteiger partial charge in [-0.1, -0.05) is 145 Å². The summed E-state index contributed by atoms with van der Waals surface area (Å²) in [5.41, 5.74) is 3.89. The molecule has 1 N–H and O–H groups in total. The van der Waals surface area contributed by atoms with Crippen LogP contribution in [-0.4, -0.2) is 18.0 Å². The first kappa shape index (κ1) is 34.7. The molecular formula is C33H50F2O2. The maximum absolute atomic E-state index is 9.69.